The molecule has 1 N–H and O–H groups in total. The van der Waals surface area contributed by atoms with Gasteiger partial charge in [0, 0.05) is 25.2 Å². The lowest BCUT2D eigenvalue weighted by Gasteiger charge is -2.34. The maximum absolute atomic E-state index is 12.8. The minimum absolute atomic E-state index is 0.0267. The van der Waals surface area contributed by atoms with Crippen LogP contribution in [0.25, 0.3) is 0 Å². The fourth-order valence-electron chi connectivity index (χ4n) is 2.99. The first-order valence-electron chi connectivity index (χ1n) is 6.77. The zero-order valence-corrected chi connectivity index (χ0v) is 11.1. The molecule has 0 aromatic heterocycles. The Morgan fingerprint density at radius 1 is 1.37 bits per heavy atom. The van der Waals surface area contributed by atoms with Gasteiger partial charge in [0.25, 0.3) is 0 Å². The summed E-state index contributed by atoms with van der Waals surface area (Å²) in [5, 5.41) is 2.77. The van der Waals surface area contributed by atoms with E-state index in [1.54, 1.807) is 0 Å². The van der Waals surface area contributed by atoms with Gasteiger partial charge in [-0.1, -0.05) is 18.2 Å². The maximum atomic E-state index is 12.8. The fraction of sp³-hybridized carbons (Fsp3) is 0.467. The first kappa shape index (κ1) is 12.2. The number of hydrogen-bond acceptors (Lipinski definition) is 2. The Labute approximate surface area is 112 Å². The van der Waals surface area contributed by atoms with Crippen molar-refractivity contribution in [3.8, 4) is 0 Å². The summed E-state index contributed by atoms with van der Waals surface area (Å²) in [4.78, 5) is 26.0. The Bertz CT molecular complexity index is 541. The number of nitrogens with one attached hydrogen (secondary N) is 1. The second-order valence-electron chi connectivity index (χ2n) is 5.70. The zero-order chi connectivity index (χ0) is 13.5. The third kappa shape index (κ3) is 2.01. The van der Waals surface area contributed by atoms with Gasteiger partial charge in [-0.25, -0.2) is 0 Å². The number of fused-ring (bicyclic) bond motifs is 1. The molecule has 1 atom stereocenters. The van der Waals surface area contributed by atoms with E-state index in [2.05, 4.69) is 11.4 Å². The summed E-state index contributed by atoms with van der Waals surface area (Å²) in [6, 6.07) is 8.05. The van der Waals surface area contributed by atoms with Crippen molar-refractivity contribution in [3.63, 3.8) is 0 Å². The smallest absolute Gasteiger partial charge is 0.235 e. The molecule has 0 bridgehead atoms. The highest BCUT2D eigenvalue weighted by Gasteiger charge is 2.44. The van der Waals surface area contributed by atoms with Gasteiger partial charge >= 0.3 is 0 Å². The molecule has 3 rings (SSSR count). The highest BCUT2D eigenvalue weighted by molar-refractivity contribution is 6.02. The molecule has 2 aliphatic heterocycles. The molecular formula is C15H18N2O2. The van der Waals surface area contributed by atoms with E-state index in [9.17, 15) is 9.59 Å². The van der Waals surface area contributed by atoms with Crippen LogP contribution in [0, 0.1) is 5.41 Å². The number of benzene rings is 1. The summed E-state index contributed by atoms with van der Waals surface area (Å²) < 4.78 is 0. The first-order chi connectivity index (χ1) is 9.10. The van der Waals surface area contributed by atoms with Crippen molar-refractivity contribution >= 4 is 17.5 Å². The average molecular weight is 258 g/mol. The SMILES string of the molecule is CC1(C(=O)N2CCCc3ccccc32)CNC(=O)C1. The van der Waals surface area contributed by atoms with Gasteiger partial charge in [-0.3, -0.25) is 9.59 Å². The van der Waals surface area contributed by atoms with Crippen molar-refractivity contribution in [1.29, 1.82) is 0 Å². The van der Waals surface area contributed by atoms with Crippen LogP contribution in [-0.4, -0.2) is 24.9 Å². The van der Waals surface area contributed by atoms with Gasteiger partial charge < -0.3 is 10.2 Å². The van der Waals surface area contributed by atoms with Crippen molar-refractivity contribution in [3.05, 3.63) is 29.8 Å². The normalized spacial score (nSPS) is 25.9. The van der Waals surface area contributed by atoms with Crippen LogP contribution in [0.5, 0.6) is 0 Å². The molecule has 1 fully saturated rings. The lowest BCUT2D eigenvalue weighted by atomic mass is 9.86. The number of nitrogens with zero attached hydrogens (tertiary/aromatic N) is 1. The van der Waals surface area contributed by atoms with Crippen LogP contribution in [-0.2, 0) is 16.0 Å². The molecule has 0 saturated carbocycles. The van der Waals surface area contributed by atoms with Crippen molar-refractivity contribution in [1.82, 2.24) is 5.32 Å². The average Bonchev–Trinajstić information content (AvgIpc) is 2.78. The standard InChI is InChI=1S/C15H18N2O2/c1-15(9-13(18)16-10-15)14(19)17-8-4-6-11-5-2-3-7-12(11)17/h2-3,5,7H,4,6,8-10H2,1H3,(H,16,18). The molecule has 0 spiro atoms. The van der Waals surface area contributed by atoms with E-state index in [4.69, 9.17) is 0 Å². The third-order valence-electron chi connectivity index (χ3n) is 4.10. The van der Waals surface area contributed by atoms with E-state index in [1.807, 2.05) is 30.0 Å². The van der Waals surface area contributed by atoms with E-state index in [-0.39, 0.29) is 11.8 Å². The molecule has 4 nitrogen and oxygen atoms in total. The molecule has 0 radical (unpaired) electrons. The quantitative estimate of drug-likeness (QED) is 0.829. The number of carbonyl (C=O) groups is 2. The van der Waals surface area contributed by atoms with Crippen molar-refractivity contribution in [2.75, 3.05) is 18.0 Å². The molecule has 100 valence electrons. The molecule has 0 aliphatic carbocycles. The van der Waals surface area contributed by atoms with Crippen LogP contribution in [0.15, 0.2) is 24.3 Å². The van der Waals surface area contributed by atoms with Crippen LogP contribution in [0.4, 0.5) is 5.69 Å². The fourth-order valence-corrected chi connectivity index (χ4v) is 2.99. The van der Waals surface area contributed by atoms with Crippen LogP contribution in [0.2, 0.25) is 0 Å². The number of carbonyl (C=O) groups excluding carboxylic acids is 2. The number of amides is 2. The summed E-state index contributed by atoms with van der Waals surface area (Å²) in [6.07, 6.45) is 2.30. The van der Waals surface area contributed by atoms with Gasteiger partial charge in [0.15, 0.2) is 0 Å². The zero-order valence-electron chi connectivity index (χ0n) is 11.1. The predicted octanol–water partition coefficient (Wildman–Crippen LogP) is 1.49. The van der Waals surface area contributed by atoms with Gasteiger partial charge in [-0.05, 0) is 31.4 Å². The van der Waals surface area contributed by atoms with E-state index in [0.717, 1.165) is 25.1 Å². The lowest BCUT2D eigenvalue weighted by molar-refractivity contribution is -0.128. The van der Waals surface area contributed by atoms with Crippen LogP contribution in [0.3, 0.4) is 0 Å². The Hall–Kier alpha value is -1.84. The minimum atomic E-state index is -0.596. The van der Waals surface area contributed by atoms with Gasteiger partial charge in [-0.2, -0.15) is 0 Å². The highest BCUT2D eigenvalue weighted by Crippen LogP contribution is 2.34. The van der Waals surface area contributed by atoms with Crippen molar-refractivity contribution in [2.45, 2.75) is 26.2 Å². The summed E-state index contributed by atoms with van der Waals surface area (Å²) >= 11 is 0. The minimum Gasteiger partial charge on any atom is -0.355 e. The maximum Gasteiger partial charge on any atom is 0.235 e. The second kappa shape index (κ2) is 4.37. The number of hydrogen-bond donors (Lipinski definition) is 1. The molecule has 19 heavy (non-hydrogen) atoms. The first-order valence-corrected chi connectivity index (χ1v) is 6.77. The van der Waals surface area contributed by atoms with Crippen molar-refractivity contribution < 1.29 is 9.59 Å². The summed E-state index contributed by atoms with van der Waals surface area (Å²) in [5.41, 5.74) is 1.64. The molecule has 1 aromatic rings. The molecule has 4 heteroatoms. The predicted molar refractivity (Wildman–Crippen MR) is 72.8 cm³/mol. The van der Waals surface area contributed by atoms with E-state index < -0.39 is 5.41 Å². The number of anilines is 1. The van der Waals surface area contributed by atoms with E-state index >= 15 is 0 Å². The Balaban J connectivity index is 1.91. The number of para-hydroxylation sites is 1. The largest absolute Gasteiger partial charge is 0.355 e. The summed E-state index contributed by atoms with van der Waals surface area (Å²) in [6.45, 7) is 3.08. The number of rotatable bonds is 1. The van der Waals surface area contributed by atoms with Crippen LogP contribution < -0.4 is 10.2 Å². The Morgan fingerprint density at radius 3 is 2.89 bits per heavy atom. The monoisotopic (exact) mass is 258 g/mol. The number of aryl methyl sites for hydroxylation is 1. The topological polar surface area (TPSA) is 49.4 Å². The molecule has 1 aromatic carbocycles. The van der Waals surface area contributed by atoms with Crippen LogP contribution >= 0.6 is 0 Å². The van der Waals surface area contributed by atoms with E-state index in [1.165, 1.54) is 5.56 Å². The highest BCUT2D eigenvalue weighted by atomic mass is 16.2. The molecule has 2 aliphatic rings. The Kier molecular flexibility index (Phi) is 2.81. The molecule has 1 unspecified atom stereocenters. The van der Waals surface area contributed by atoms with Gasteiger partial charge in [0.2, 0.25) is 11.8 Å². The molecule has 2 amide bonds. The van der Waals surface area contributed by atoms with E-state index in [0.29, 0.717) is 13.0 Å². The summed E-state index contributed by atoms with van der Waals surface area (Å²) in [7, 11) is 0. The molecular weight excluding hydrogens is 240 g/mol. The van der Waals surface area contributed by atoms with Gasteiger partial charge in [0.05, 0.1) is 5.41 Å². The van der Waals surface area contributed by atoms with Gasteiger partial charge in [0.1, 0.15) is 0 Å². The molecule has 2 heterocycles. The Morgan fingerprint density at radius 2 is 2.16 bits per heavy atom. The second-order valence-corrected chi connectivity index (χ2v) is 5.70. The third-order valence-corrected chi connectivity index (χ3v) is 4.10. The molecule has 1 saturated heterocycles. The lowest BCUT2D eigenvalue weighted by Crippen LogP contribution is -2.46. The summed E-state index contributed by atoms with van der Waals surface area (Å²) in [5.74, 6) is 0.0409. The van der Waals surface area contributed by atoms with Gasteiger partial charge in [-0.15, -0.1) is 0 Å². The van der Waals surface area contributed by atoms with Crippen molar-refractivity contribution in [2.24, 2.45) is 5.41 Å². The van der Waals surface area contributed by atoms with Crippen LogP contribution in [0.1, 0.15) is 25.3 Å².